The van der Waals surface area contributed by atoms with E-state index in [4.69, 9.17) is 9.16 Å². The highest BCUT2D eigenvalue weighted by Gasteiger charge is 2.50. The molecule has 0 bridgehead atoms. The number of ether oxygens (including phenoxy) is 1. The largest absolute Gasteiger partial charge is 0.403 e. The molecule has 1 aliphatic heterocycles. The number of benzene rings is 3. The maximum atomic E-state index is 16.3. The molecule has 0 N–H and O–H groups in total. The van der Waals surface area contributed by atoms with E-state index in [-0.39, 0.29) is 40.7 Å². The zero-order valence-corrected chi connectivity index (χ0v) is 27.2. The highest BCUT2D eigenvalue weighted by atomic mass is 28.4. The Bertz CT molecular complexity index is 1560. The average Bonchev–Trinajstić information content (AvgIpc) is 2.99. The summed E-state index contributed by atoms with van der Waals surface area (Å²) in [6.07, 6.45) is 1.02. The summed E-state index contributed by atoms with van der Waals surface area (Å²) in [7, 11) is -3.03. The number of aryl methyl sites for hydroxylation is 1. The van der Waals surface area contributed by atoms with Crippen molar-refractivity contribution in [3.63, 3.8) is 0 Å². The van der Waals surface area contributed by atoms with Crippen LogP contribution in [0, 0.1) is 18.6 Å². The quantitative estimate of drug-likeness (QED) is 0.166. The highest BCUT2D eigenvalue weighted by Crippen LogP contribution is 2.39. The normalized spacial score (nSPS) is 17.5. The van der Waals surface area contributed by atoms with Gasteiger partial charge in [-0.2, -0.15) is 0 Å². The lowest BCUT2D eigenvalue weighted by molar-refractivity contribution is -0.00553. The van der Waals surface area contributed by atoms with E-state index in [1.54, 1.807) is 19.1 Å². The van der Waals surface area contributed by atoms with Crippen LogP contribution >= 0.6 is 0 Å². The van der Waals surface area contributed by atoms with E-state index in [1.165, 1.54) is 12.3 Å². The van der Waals surface area contributed by atoms with Crippen LogP contribution in [0.3, 0.4) is 0 Å². The van der Waals surface area contributed by atoms with Gasteiger partial charge in [-0.3, -0.25) is 9.78 Å². The lowest BCUT2D eigenvalue weighted by Gasteiger charge is -2.43. The van der Waals surface area contributed by atoms with Crippen molar-refractivity contribution < 1.29 is 22.7 Å². The van der Waals surface area contributed by atoms with E-state index in [9.17, 15) is 4.79 Å². The van der Waals surface area contributed by atoms with Crippen LogP contribution in [0.5, 0.6) is 0 Å². The molecular weight excluding hydrogens is 574 g/mol. The molecule has 0 amide bonds. The molecule has 0 spiro atoms. The van der Waals surface area contributed by atoms with Crippen LogP contribution in [-0.2, 0) is 15.8 Å². The van der Waals surface area contributed by atoms with Gasteiger partial charge in [-0.05, 0) is 54.4 Å². The van der Waals surface area contributed by atoms with Gasteiger partial charge in [0.25, 0.3) is 8.32 Å². The monoisotopic (exact) mass is 614 g/mol. The maximum absolute atomic E-state index is 16.3. The van der Waals surface area contributed by atoms with Crippen LogP contribution in [0.1, 0.15) is 61.8 Å². The van der Waals surface area contributed by atoms with Gasteiger partial charge in [0, 0.05) is 36.1 Å². The molecule has 3 aromatic carbocycles. The van der Waals surface area contributed by atoms with Crippen molar-refractivity contribution in [1.82, 2.24) is 4.98 Å². The number of nitrogens with zero attached hydrogens (tertiary/aromatic N) is 2. The Balaban J connectivity index is 1.68. The number of aromatic nitrogens is 1. The molecule has 2 atom stereocenters. The number of morpholine rings is 1. The molecule has 5 rings (SSSR count). The lowest BCUT2D eigenvalue weighted by atomic mass is 9.99. The Hall–Kier alpha value is -3.72. The SMILES string of the molecule is Cc1ccc(C(=O)c2cc(CO[Si](c3ccccc3)(c3ccccc3)C(C)(C)C)c(N3CC(C)OC(C)C3)c(F)c2F)cn1. The first kappa shape index (κ1) is 31.7. The van der Waals surface area contributed by atoms with Crippen molar-refractivity contribution in [1.29, 1.82) is 0 Å². The number of ketones is 1. The molecule has 8 heteroatoms. The second kappa shape index (κ2) is 12.7. The summed E-state index contributed by atoms with van der Waals surface area (Å²) in [5.41, 5.74) is 1.10. The number of hydrogen-bond donors (Lipinski definition) is 0. The van der Waals surface area contributed by atoms with E-state index in [0.29, 0.717) is 18.7 Å². The smallest absolute Gasteiger partial charge is 0.261 e. The van der Waals surface area contributed by atoms with Gasteiger partial charge in [0.15, 0.2) is 17.4 Å². The summed E-state index contributed by atoms with van der Waals surface area (Å²) in [6, 6.07) is 25.0. The predicted molar refractivity (Wildman–Crippen MR) is 173 cm³/mol. The van der Waals surface area contributed by atoms with Crippen molar-refractivity contribution in [2.24, 2.45) is 0 Å². The fraction of sp³-hybridized carbons (Fsp3) is 0.333. The lowest BCUT2D eigenvalue weighted by Crippen LogP contribution is -2.66. The number of rotatable bonds is 8. The van der Waals surface area contributed by atoms with Crippen LogP contribution in [0.4, 0.5) is 14.5 Å². The third-order valence-corrected chi connectivity index (χ3v) is 13.3. The van der Waals surface area contributed by atoms with Crippen LogP contribution < -0.4 is 15.3 Å². The van der Waals surface area contributed by atoms with Gasteiger partial charge in [0.1, 0.15) is 0 Å². The molecule has 0 radical (unpaired) electrons. The van der Waals surface area contributed by atoms with Crippen LogP contribution in [0.25, 0.3) is 0 Å². The van der Waals surface area contributed by atoms with Gasteiger partial charge in [-0.1, -0.05) is 81.4 Å². The fourth-order valence-corrected chi connectivity index (χ4v) is 10.9. The van der Waals surface area contributed by atoms with Gasteiger partial charge >= 0.3 is 0 Å². The molecule has 0 aliphatic carbocycles. The Labute approximate surface area is 260 Å². The van der Waals surface area contributed by atoms with Gasteiger partial charge in [0.2, 0.25) is 0 Å². The van der Waals surface area contributed by atoms with E-state index in [2.05, 4.69) is 50.0 Å². The first-order chi connectivity index (χ1) is 20.9. The molecule has 2 unspecified atom stereocenters. The van der Waals surface area contributed by atoms with Crippen LogP contribution in [-0.4, -0.2) is 44.4 Å². The molecule has 44 heavy (non-hydrogen) atoms. The third-order valence-electron chi connectivity index (χ3n) is 8.27. The van der Waals surface area contributed by atoms with Crippen molar-refractivity contribution in [3.05, 3.63) is 119 Å². The fourth-order valence-electron chi connectivity index (χ4n) is 6.35. The molecule has 1 fully saturated rings. The molecular formula is C36H40F2N2O3Si. The topological polar surface area (TPSA) is 51.7 Å². The third kappa shape index (κ3) is 6.11. The molecule has 2 heterocycles. The van der Waals surface area contributed by atoms with Crippen molar-refractivity contribution in [3.8, 4) is 0 Å². The van der Waals surface area contributed by atoms with Gasteiger partial charge in [0.05, 0.1) is 30.1 Å². The summed E-state index contributed by atoms with van der Waals surface area (Å²) < 4.78 is 45.3. The van der Waals surface area contributed by atoms with E-state index < -0.39 is 25.7 Å². The number of hydrogen-bond acceptors (Lipinski definition) is 5. The Morgan fingerprint density at radius 1 is 0.932 bits per heavy atom. The molecule has 1 saturated heterocycles. The number of carbonyl (C=O) groups is 1. The van der Waals surface area contributed by atoms with Crippen LogP contribution in [0.2, 0.25) is 5.04 Å². The second-order valence-electron chi connectivity index (χ2n) is 12.7. The molecule has 230 valence electrons. The number of carbonyl (C=O) groups excluding carboxylic acids is 1. The van der Waals surface area contributed by atoms with Crippen molar-refractivity contribution in [2.45, 2.75) is 65.4 Å². The minimum Gasteiger partial charge on any atom is -0.403 e. The minimum atomic E-state index is -3.03. The summed E-state index contributed by atoms with van der Waals surface area (Å²) in [4.78, 5) is 19.6. The van der Waals surface area contributed by atoms with Crippen LogP contribution in [0.15, 0.2) is 85.1 Å². The Kier molecular flexibility index (Phi) is 9.16. The van der Waals surface area contributed by atoms with Crippen molar-refractivity contribution in [2.75, 3.05) is 18.0 Å². The van der Waals surface area contributed by atoms with Crippen molar-refractivity contribution >= 4 is 30.2 Å². The Morgan fingerprint density at radius 2 is 1.50 bits per heavy atom. The zero-order valence-electron chi connectivity index (χ0n) is 26.2. The van der Waals surface area contributed by atoms with E-state index in [1.807, 2.05) is 55.1 Å². The highest BCUT2D eigenvalue weighted by molar-refractivity contribution is 6.99. The van der Waals surface area contributed by atoms with Gasteiger partial charge in [-0.25, -0.2) is 8.78 Å². The standard InChI is InChI=1S/C36H40F2N2O3Si/c1-24-17-18-27(20-39-24)35(41)31-19-28(34(33(38)32(31)37)40-21-25(2)43-26(3)22-40)23-42-44(36(4,5)6,29-13-9-7-10-14-29)30-15-11-8-12-16-30/h7-20,25-26H,21-23H2,1-6H3. The summed E-state index contributed by atoms with van der Waals surface area (Å²) >= 11 is 0. The molecule has 0 saturated carbocycles. The maximum Gasteiger partial charge on any atom is 0.261 e. The first-order valence-corrected chi connectivity index (χ1v) is 17.0. The zero-order chi connectivity index (χ0) is 31.6. The van der Waals surface area contributed by atoms with Gasteiger partial charge in [-0.15, -0.1) is 0 Å². The van der Waals surface area contributed by atoms with E-state index in [0.717, 1.165) is 16.1 Å². The van der Waals surface area contributed by atoms with E-state index >= 15 is 8.78 Å². The van der Waals surface area contributed by atoms with Gasteiger partial charge < -0.3 is 14.1 Å². The molecule has 5 nitrogen and oxygen atoms in total. The second-order valence-corrected chi connectivity index (χ2v) is 17.0. The first-order valence-electron chi connectivity index (χ1n) is 15.1. The number of halogens is 2. The number of pyridine rings is 1. The molecule has 1 aliphatic rings. The summed E-state index contributed by atoms with van der Waals surface area (Å²) in [5, 5.41) is 1.81. The summed E-state index contributed by atoms with van der Waals surface area (Å²) in [6.45, 7) is 12.8. The predicted octanol–water partition coefficient (Wildman–Crippen LogP) is 6.59. The Morgan fingerprint density at radius 3 is 2.00 bits per heavy atom. The molecule has 4 aromatic rings. The average molecular weight is 615 g/mol. The number of anilines is 1. The minimum absolute atomic E-state index is 0.0215. The molecule has 1 aromatic heterocycles. The summed E-state index contributed by atoms with van der Waals surface area (Å²) in [5.74, 6) is -2.86.